The predicted molar refractivity (Wildman–Crippen MR) is 78.4 cm³/mol. The van der Waals surface area contributed by atoms with E-state index < -0.39 is 9.84 Å². The van der Waals surface area contributed by atoms with Crippen molar-refractivity contribution in [1.29, 1.82) is 0 Å². The van der Waals surface area contributed by atoms with E-state index in [0.29, 0.717) is 30.2 Å². The second-order valence-corrected chi connectivity index (χ2v) is 7.82. The summed E-state index contributed by atoms with van der Waals surface area (Å²) in [5, 5.41) is 2.87. The maximum atomic E-state index is 11.9. The van der Waals surface area contributed by atoms with Crippen molar-refractivity contribution in [3.8, 4) is 0 Å². The minimum absolute atomic E-state index is 0.0164. The van der Waals surface area contributed by atoms with E-state index in [1.807, 2.05) is 19.9 Å². The molecule has 0 saturated heterocycles. The van der Waals surface area contributed by atoms with Gasteiger partial charge in [-0.1, -0.05) is 26.0 Å². The Morgan fingerprint density at radius 3 is 2.80 bits per heavy atom. The lowest BCUT2D eigenvalue weighted by Crippen LogP contribution is -2.28. The lowest BCUT2D eigenvalue weighted by atomic mass is 10.0. The number of benzene rings is 1. The number of nitrogens with one attached hydrogen (secondary N) is 1. The number of hydrogen-bond donors (Lipinski definition) is 1. The number of aryl methyl sites for hydroxylation is 1. The second kappa shape index (κ2) is 5.95. The number of sulfone groups is 1. The number of carbonyl (C=O) groups is 1. The van der Waals surface area contributed by atoms with Crippen molar-refractivity contribution in [3.05, 3.63) is 29.3 Å². The molecule has 0 fully saturated rings. The maximum Gasteiger partial charge on any atom is 0.224 e. The van der Waals surface area contributed by atoms with Gasteiger partial charge in [-0.05, 0) is 36.0 Å². The van der Waals surface area contributed by atoms with Crippen molar-refractivity contribution in [2.75, 3.05) is 12.3 Å². The summed E-state index contributed by atoms with van der Waals surface area (Å²) in [6.45, 7) is 4.76. The van der Waals surface area contributed by atoms with E-state index in [-0.39, 0.29) is 11.7 Å². The number of hydrogen-bond acceptors (Lipinski definition) is 3. The van der Waals surface area contributed by atoms with Gasteiger partial charge in [0, 0.05) is 6.54 Å². The highest BCUT2D eigenvalue weighted by Gasteiger charge is 2.23. The minimum atomic E-state index is -3.11. The van der Waals surface area contributed by atoms with Crippen LogP contribution >= 0.6 is 0 Å². The first-order chi connectivity index (χ1) is 9.38. The largest absolute Gasteiger partial charge is 0.356 e. The molecule has 1 N–H and O–H groups in total. The van der Waals surface area contributed by atoms with Gasteiger partial charge in [-0.2, -0.15) is 0 Å². The third-order valence-corrected chi connectivity index (χ3v) is 5.29. The third kappa shape index (κ3) is 3.60. The Bertz CT molecular complexity index is 606. The molecule has 1 amide bonds. The van der Waals surface area contributed by atoms with E-state index in [4.69, 9.17) is 0 Å². The van der Waals surface area contributed by atoms with Crippen molar-refractivity contribution >= 4 is 15.7 Å². The Balaban J connectivity index is 2.10. The van der Waals surface area contributed by atoms with Crippen LogP contribution in [0.3, 0.4) is 0 Å². The van der Waals surface area contributed by atoms with Gasteiger partial charge in [0.05, 0.1) is 17.1 Å². The predicted octanol–water partition coefficient (Wildman–Crippen LogP) is 1.72. The molecule has 1 heterocycles. The van der Waals surface area contributed by atoms with Crippen LogP contribution < -0.4 is 5.32 Å². The minimum Gasteiger partial charge on any atom is -0.356 e. The molecule has 0 aliphatic carbocycles. The molecule has 0 unspecified atom stereocenters. The Labute approximate surface area is 120 Å². The van der Waals surface area contributed by atoms with E-state index >= 15 is 0 Å². The van der Waals surface area contributed by atoms with Crippen molar-refractivity contribution in [1.82, 2.24) is 5.32 Å². The van der Waals surface area contributed by atoms with E-state index in [0.717, 1.165) is 17.5 Å². The van der Waals surface area contributed by atoms with Gasteiger partial charge in [0.25, 0.3) is 0 Å². The van der Waals surface area contributed by atoms with Crippen LogP contribution in [0.1, 0.15) is 31.4 Å². The van der Waals surface area contributed by atoms with Crippen LogP contribution in [0.5, 0.6) is 0 Å². The SMILES string of the molecule is CC(C)CNC(=O)Cc1ccc2c(c1)CCCS2(=O)=O. The maximum absolute atomic E-state index is 11.9. The quantitative estimate of drug-likeness (QED) is 0.920. The zero-order chi connectivity index (χ0) is 14.8. The number of carbonyl (C=O) groups excluding carboxylic acids is 1. The standard InChI is InChI=1S/C15H21NO3S/c1-11(2)10-16-15(17)9-12-5-6-14-13(8-12)4-3-7-20(14,18)19/h5-6,8,11H,3-4,7,9-10H2,1-2H3,(H,16,17). The van der Waals surface area contributed by atoms with Crippen molar-refractivity contribution < 1.29 is 13.2 Å². The summed E-state index contributed by atoms with van der Waals surface area (Å²) in [5.41, 5.74) is 1.73. The summed E-state index contributed by atoms with van der Waals surface area (Å²) in [6.07, 6.45) is 1.74. The van der Waals surface area contributed by atoms with Gasteiger partial charge < -0.3 is 5.32 Å². The molecule has 0 atom stereocenters. The molecule has 1 aliphatic heterocycles. The fourth-order valence-corrected chi connectivity index (χ4v) is 3.95. The van der Waals surface area contributed by atoms with Crippen molar-refractivity contribution in [2.45, 2.75) is 38.0 Å². The summed E-state index contributed by atoms with van der Waals surface area (Å²) in [7, 11) is -3.11. The molecule has 5 heteroatoms. The Kier molecular flexibility index (Phi) is 4.48. The van der Waals surface area contributed by atoms with Crippen LogP contribution in [-0.2, 0) is 27.5 Å². The molecule has 0 bridgehead atoms. The average Bonchev–Trinajstić information content (AvgIpc) is 2.35. The molecule has 110 valence electrons. The Hall–Kier alpha value is -1.36. The van der Waals surface area contributed by atoms with E-state index in [9.17, 15) is 13.2 Å². The van der Waals surface area contributed by atoms with Gasteiger partial charge in [0.15, 0.2) is 9.84 Å². The van der Waals surface area contributed by atoms with Gasteiger partial charge in [0.1, 0.15) is 0 Å². The summed E-state index contributed by atoms with van der Waals surface area (Å²) in [6, 6.07) is 5.26. The van der Waals surface area contributed by atoms with Gasteiger partial charge in [-0.25, -0.2) is 8.42 Å². The molecule has 0 saturated carbocycles. The molecule has 1 aromatic rings. The molecule has 0 spiro atoms. The van der Waals surface area contributed by atoms with Crippen molar-refractivity contribution in [3.63, 3.8) is 0 Å². The number of rotatable bonds is 4. The highest BCUT2D eigenvalue weighted by atomic mass is 32.2. The first-order valence-electron chi connectivity index (χ1n) is 7.00. The van der Waals surface area contributed by atoms with Crippen LogP contribution in [0, 0.1) is 5.92 Å². The first kappa shape index (κ1) is 15.0. The van der Waals surface area contributed by atoms with Gasteiger partial charge in [-0.15, -0.1) is 0 Å². The van der Waals surface area contributed by atoms with E-state index in [1.54, 1.807) is 12.1 Å². The number of fused-ring (bicyclic) bond motifs is 1. The summed E-state index contributed by atoms with van der Waals surface area (Å²) in [5.74, 6) is 0.638. The second-order valence-electron chi connectivity index (χ2n) is 5.74. The zero-order valence-electron chi connectivity index (χ0n) is 12.0. The summed E-state index contributed by atoms with van der Waals surface area (Å²) >= 11 is 0. The lowest BCUT2D eigenvalue weighted by Gasteiger charge is -2.17. The third-order valence-electron chi connectivity index (χ3n) is 3.39. The Morgan fingerprint density at radius 2 is 2.10 bits per heavy atom. The highest BCUT2D eigenvalue weighted by Crippen LogP contribution is 2.25. The Morgan fingerprint density at radius 1 is 1.35 bits per heavy atom. The van der Waals surface area contributed by atoms with Gasteiger partial charge in [0.2, 0.25) is 5.91 Å². The molecular weight excluding hydrogens is 274 g/mol. The van der Waals surface area contributed by atoms with Crippen LogP contribution in [0.15, 0.2) is 23.1 Å². The van der Waals surface area contributed by atoms with Crippen LogP contribution in [0.25, 0.3) is 0 Å². The first-order valence-corrected chi connectivity index (χ1v) is 8.65. The summed E-state index contributed by atoms with van der Waals surface area (Å²) in [4.78, 5) is 12.2. The molecule has 1 aliphatic rings. The van der Waals surface area contributed by atoms with Gasteiger partial charge >= 0.3 is 0 Å². The van der Waals surface area contributed by atoms with Crippen molar-refractivity contribution in [2.24, 2.45) is 5.92 Å². The molecular formula is C15H21NO3S. The highest BCUT2D eigenvalue weighted by molar-refractivity contribution is 7.91. The fraction of sp³-hybridized carbons (Fsp3) is 0.533. The van der Waals surface area contributed by atoms with Gasteiger partial charge in [-0.3, -0.25) is 4.79 Å². The molecule has 4 nitrogen and oxygen atoms in total. The zero-order valence-corrected chi connectivity index (χ0v) is 12.8. The molecule has 1 aromatic carbocycles. The molecule has 20 heavy (non-hydrogen) atoms. The molecule has 0 radical (unpaired) electrons. The number of amides is 1. The van der Waals surface area contributed by atoms with E-state index in [1.165, 1.54) is 0 Å². The normalized spacial score (nSPS) is 16.8. The van der Waals surface area contributed by atoms with E-state index in [2.05, 4.69) is 5.32 Å². The van der Waals surface area contributed by atoms with Crippen LogP contribution in [0.4, 0.5) is 0 Å². The van der Waals surface area contributed by atoms with Crippen LogP contribution in [0.2, 0.25) is 0 Å². The molecule has 2 rings (SSSR count). The topological polar surface area (TPSA) is 63.2 Å². The monoisotopic (exact) mass is 295 g/mol. The van der Waals surface area contributed by atoms with Crippen LogP contribution in [-0.4, -0.2) is 26.6 Å². The lowest BCUT2D eigenvalue weighted by molar-refractivity contribution is -0.120. The average molecular weight is 295 g/mol. The summed E-state index contributed by atoms with van der Waals surface area (Å²) < 4.78 is 23.8. The smallest absolute Gasteiger partial charge is 0.224 e. The fourth-order valence-electron chi connectivity index (χ4n) is 2.37. The molecule has 0 aromatic heterocycles.